The van der Waals surface area contributed by atoms with Crippen LogP contribution >= 0.6 is 0 Å². The van der Waals surface area contributed by atoms with Gasteiger partial charge in [0.1, 0.15) is 30.9 Å². The highest BCUT2D eigenvalue weighted by molar-refractivity contribution is 5.85. The van der Waals surface area contributed by atoms with Gasteiger partial charge in [-0.15, -0.1) is 0 Å². The number of rotatable bonds is 47. The molecule has 0 aliphatic carbocycles. The molecule has 1 heterocycles. The van der Waals surface area contributed by atoms with E-state index in [1.807, 2.05) is 0 Å². The zero-order valence-electron chi connectivity index (χ0n) is 43.8. The van der Waals surface area contributed by atoms with Crippen molar-refractivity contribution in [2.24, 2.45) is 0 Å². The molecule has 0 spiro atoms. The molecule has 13 nitrogen and oxygen atoms in total. The third kappa shape index (κ3) is 33.7. The van der Waals surface area contributed by atoms with Crippen molar-refractivity contribution in [2.45, 2.75) is 308 Å². The maximum atomic E-state index is 13.5. The van der Waals surface area contributed by atoms with Crippen molar-refractivity contribution in [1.29, 1.82) is 0 Å². The quantitative estimate of drug-likeness (QED) is 0.0336. The summed E-state index contributed by atoms with van der Waals surface area (Å²) in [5.74, 6) is -3.14. The van der Waals surface area contributed by atoms with Gasteiger partial charge in [0.05, 0.1) is 0 Å². The topological polar surface area (TPSA) is 187 Å². The van der Waals surface area contributed by atoms with Gasteiger partial charge in [0.2, 0.25) is 11.8 Å². The standard InChI is InChI=1S/C55H102N2O11/c1-5-9-12-15-18-21-24-27-30-33-36-39-47(58)56-45(42-43-49(60)61)54(64)66-44-46-52(63)53(68-50(62)41-38-35-32-29-26-23-20-17-14-11-7-3)51(55(67-46)65-8-4)57-48(59)40-37-34-31-28-25-22-19-16-13-10-6-2/h45-46,51-53,55,63H,5-44H2,1-4H3,(H,56,58)(H,57,59)(H,60,61)/t45-,46-,51-,52-,53-,55+/m1/s1. The number of aliphatic hydroxyl groups is 1. The van der Waals surface area contributed by atoms with Crippen LogP contribution in [0.2, 0.25) is 0 Å². The number of carbonyl (C=O) groups is 5. The third-order valence-electron chi connectivity index (χ3n) is 13.3. The fourth-order valence-corrected chi connectivity index (χ4v) is 9.00. The van der Waals surface area contributed by atoms with E-state index < -0.39 is 61.2 Å². The summed E-state index contributed by atoms with van der Waals surface area (Å²) >= 11 is 0. The molecule has 0 bridgehead atoms. The zero-order chi connectivity index (χ0) is 49.9. The Balaban J connectivity index is 2.88. The van der Waals surface area contributed by atoms with Crippen molar-refractivity contribution in [3.63, 3.8) is 0 Å². The summed E-state index contributed by atoms with van der Waals surface area (Å²) in [5, 5.41) is 26.8. The van der Waals surface area contributed by atoms with Crippen LogP contribution in [0, 0.1) is 0 Å². The summed E-state index contributed by atoms with van der Waals surface area (Å²) in [6.45, 7) is 8.11. The Morgan fingerprint density at radius 1 is 0.529 bits per heavy atom. The molecule has 0 saturated carbocycles. The number of hydrogen-bond donors (Lipinski definition) is 4. The molecule has 0 aromatic rings. The van der Waals surface area contributed by atoms with Gasteiger partial charge in [-0.2, -0.15) is 0 Å². The van der Waals surface area contributed by atoms with Crippen LogP contribution in [-0.2, 0) is 42.9 Å². The van der Waals surface area contributed by atoms with Gasteiger partial charge in [0.15, 0.2) is 12.4 Å². The largest absolute Gasteiger partial charge is 0.481 e. The molecule has 1 rings (SSSR count). The highest BCUT2D eigenvalue weighted by atomic mass is 16.7. The highest BCUT2D eigenvalue weighted by Crippen LogP contribution is 2.27. The average molecular weight is 967 g/mol. The van der Waals surface area contributed by atoms with Gasteiger partial charge in [0.25, 0.3) is 0 Å². The predicted molar refractivity (Wildman–Crippen MR) is 271 cm³/mol. The maximum Gasteiger partial charge on any atom is 0.328 e. The van der Waals surface area contributed by atoms with Gasteiger partial charge in [-0.05, 0) is 32.6 Å². The fraction of sp³-hybridized carbons (Fsp3) is 0.909. The molecule has 398 valence electrons. The molecule has 1 saturated heterocycles. The van der Waals surface area contributed by atoms with Crippen LogP contribution in [0.3, 0.4) is 0 Å². The highest BCUT2D eigenvalue weighted by Gasteiger charge is 2.49. The number of ether oxygens (including phenoxy) is 4. The van der Waals surface area contributed by atoms with E-state index in [9.17, 15) is 34.2 Å². The number of nitrogens with one attached hydrogen (secondary N) is 2. The molecule has 0 unspecified atom stereocenters. The van der Waals surface area contributed by atoms with Gasteiger partial charge in [-0.1, -0.05) is 213 Å². The first-order valence-electron chi connectivity index (χ1n) is 28.2. The minimum atomic E-state index is -1.51. The van der Waals surface area contributed by atoms with Gasteiger partial charge in [-0.25, -0.2) is 4.79 Å². The minimum Gasteiger partial charge on any atom is -0.481 e. The Morgan fingerprint density at radius 2 is 0.926 bits per heavy atom. The van der Waals surface area contributed by atoms with E-state index in [1.165, 1.54) is 135 Å². The van der Waals surface area contributed by atoms with Gasteiger partial charge < -0.3 is 39.8 Å². The molecule has 6 atom stereocenters. The summed E-state index contributed by atoms with van der Waals surface area (Å²) < 4.78 is 23.6. The lowest BCUT2D eigenvalue weighted by Gasteiger charge is -2.44. The molecular formula is C55H102N2O11. The van der Waals surface area contributed by atoms with Crippen molar-refractivity contribution < 1.29 is 53.1 Å². The second-order valence-electron chi connectivity index (χ2n) is 19.6. The second-order valence-corrected chi connectivity index (χ2v) is 19.6. The fourth-order valence-electron chi connectivity index (χ4n) is 9.00. The van der Waals surface area contributed by atoms with E-state index in [-0.39, 0.29) is 50.5 Å². The van der Waals surface area contributed by atoms with Gasteiger partial charge >= 0.3 is 17.9 Å². The lowest BCUT2D eigenvalue weighted by atomic mass is 9.96. The average Bonchev–Trinajstić information content (AvgIpc) is 3.31. The molecule has 0 aromatic heterocycles. The van der Waals surface area contributed by atoms with Crippen molar-refractivity contribution in [2.75, 3.05) is 13.2 Å². The van der Waals surface area contributed by atoms with E-state index in [0.29, 0.717) is 19.3 Å². The van der Waals surface area contributed by atoms with Crippen LogP contribution in [0.15, 0.2) is 0 Å². The molecule has 1 fully saturated rings. The lowest BCUT2D eigenvalue weighted by molar-refractivity contribution is -0.274. The summed E-state index contributed by atoms with van der Waals surface area (Å²) in [4.78, 5) is 64.7. The number of carboxylic acids is 1. The smallest absolute Gasteiger partial charge is 0.328 e. The number of hydrogen-bond acceptors (Lipinski definition) is 10. The van der Waals surface area contributed by atoms with E-state index in [1.54, 1.807) is 6.92 Å². The van der Waals surface area contributed by atoms with E-state index in [0.717, 1.165) is 57.8 Å². The molecular weight excluding hydrogens is 865 g/mol. The lowest BCUT2D eigenvalue weighted by Crippen LogP contribution is -2.66. The van der Waals surface area contributed by atoms with Crippen molar-refractivity contribution >= 4 is 29.7 Å². The first kappa shape index (κ1) is 63.2. The van der Waals surface area contributed by atoms with Gasteiger partial charge in [-0.3, -0.25) is 19.2 Å². The number of esters is 2. The number of unbranched alkanes of at least 4 members (excludes halogenated alkanes) is 30. The zero-order valence-corrected chi connectivity index (χ0v) is 43.8. The summed E-state index contributed by atoms with van der Waals surface area (Å²) in [5.41, 5.74) is 0. The Hall–Kier alpha value is -2.77. The van der Waals surface area contributed by atoms with Crippen molar-refractivity contribution in [3.8, 4) is 0 Å². The number of amides is 2. The van der Waals surface area contributed by atoms with Crippen LogP contribution in [0.25, 0.3) is 0 Å². The Kier molecular flexibility index (Phi) is 41.1. The summed E-state index contributed by atoms with van der Waals surface area (Å²) in [6, 6.07) is -2.26. The van der Waals surface area contributed by atoms with Crippen LogP contribution in [0.1, 0.15) is 272 Å². The molecule has 4 N–H and O–H groups in total. The van der Waals surface area contributed by atoms with Crippen molar-refractivity contribution in [3.05, 3.63) is 0 Å². The number of carboxylic acid groups (broad SMARTS) is 1. The number of aliphatic hydroxyl groups excluding tert-OH is 1. The molecule has 0 aromatic carbocycles. The molecule has 2 amide bonds. The predicted octanol–water partition coefficient (Wildman–Crippen LogP) is 12.5. The van der Waals surface area contributed by atoms with Crippen LogP contribution in [0.5, 0.6) is 0 Å². The Morgan fingerprint density at radius 3 is 1.34 bits per heavy atom. The molecule has 13 heteroatoms. The second kappa shape index (κ2) is 44.2. The van der Waals surface area contributed by atoms with Gasteiger partial charge in [0, 0.05) is 32.3 Å². The summed E-state index contributed by atoms with van der Waals surface area (Å²) in [6.07, 6.45) is 32.5. The third-order valence-corrected chi connectivity index (χ3v) is 13.3. The first-order chi connectivity index (χ1) is 33.1. The Bertz CT molecular complexity index is 1270. The SMILES string of the molecule is CCCCCCCCCCCCCC(=O)N[C@H]1[C@@H](OCC)O[C@H](COC(=O)[C@@H](CCC(=O)O)NC(=O)CCCCCCCCCCCCC)[C@@H](O)[C@@H]1OC(=O)CCCCCCCCCCCCC. The van der Waals surface area contributed by atoms with E-state index >= 15 is 0 Å². The van der Waals surface area contributed by atoms with Crippen LogP contribution in [0.4, 0.5) is 0 Å². The minimum absolute atomic E-state index is 0.142. The monoisotopic (exact) mass is 967 g/mol. The molecule has 0 radical (unpaired) electrons. The van der Waals surface area contributed by atoms with E-state index in [2.05, 4.69) is 31.4 Å². The molecule has 1 aliphatic heterocycles. The maximum absolute atomic E-state index is 13.5. The van der Waals surface area contributed by atoms with Crippen LogP contribution in [-0.4, -0.2) is 89.8 Å². The van der Waals surface area contributed by atoms with E-state index in [4.69, 9.17) is 18.9 Å². The first-order valence-corrected chi connectivity index (χ1v) is 28.2. The molecule has 1 aliphatic rings. The van der Waals surface area contributed by atoms with Crippen LogP contribution < -0.4 is 10.6 Å². The summed E-state index contributed by atoms with van der Waals surface area (Å²) in [7, 11) is 0. The Labute approximate surface area is 413 Å². The number of aliphatic carboxylic acids is 1. The normalized spacial score (nSPS) is 18.5. The number of carbonyl (C=O) groups excluding carboxylic acids is 4. The van der Waals surface area contributed by atoms with Crippen molar-refractivity contribution in [1.82, 2.24) is 10.6 Å². The molecule has 68 heavy (non-hydrogen) atoms.